The summed E-state index contributed by atoms with van der Waals surface area (Å²) >= 11 is 0. The molecule has 0 radical (unpaired) electrons. The predicted octanol–water partition coefficient (Wildman–Crippen LogP) is 3.12. The van der Waals surface area contributed by atoms with E-state index in [2.05, 4.69) is 0 Å². The molecular formula is C13H10F2O2. The molecule has 0 heterocycles. The second-order valence-electron chi connectivity index (χ2n) is 3.87. The molecule has 1 N–H and O–H groups in total. The molecule has 0 saturated heterocycles. The molecule has 1 unspecified atom stereocenters. The van der Waals surface area contributed by atoms with Crippen LogP contribution in [0.3, 0.4) is 0 Å². The van der Waals surface area contributed by atoms with Crippen LogP contribution in [0.25, 0.3) is 5.57 Å². The average Bonchev–Trinajstić information content (AvgIpc) is 2.33. The maximum absolute atomic E-state index is 13.9. The third-order valence-electron chi connectivity index (χ3n) is 2.69. The Balaban J connectivity index is 2.41. The number of alkyl halides is 1. The highest BCUT2D eigenvalue weighted by Gasteiger charge is 2.40. The Bertz CT molecular complexity index is 505. The number of halogens is 2. The first-order chi connectivity index (χ1) is 8.03. The van der Waals surface area contributed by atoms with Crippen LogP contribution >= 0.6 is 0 Å². The van der Waals surface area contributed by atoms with Gasteiger partial charge >= 0.3 is 5.97 Å². The topological polar surface area (TPSA) is 37.3 Å². The molecule has 2 rings (SSSR count). The fourth-order valence-corrected chi connectivity index (χ4v) is 1.73. The first kappa shape index (κ1) is 11.5. The highest BCUT2D eigenvalue weighted by Crippen LogP contribution is 2.36. The molecule has 1 aromatic rings. The smallest absolute Gasteiger partial charge is 0.345 e. The van der Waals surface area contributed by atoms with Crippen LogP contribution in [-0.2, 0) is 4.79 Å². The maximum atomic E-state index is 13.9. The van der Waals surface area contributed by atoms with E-state index in [0.717, 1.165) is 12.2 Å². The second-order valence-corrected chi connectivity index (χ2v) is 3.87. The Morgan fingerprint density at radius 2 is 1.94 bits per heavy atom. The number of rotatable bonds is 2. The van der Waals surface area contributed by atoms with Crippen molar-refractivity contribution in [1.29, 1.82) is 0 Å². The Morgan fingerprint density at radius 3 is 2.53 bits per heavy atom. The second kappa shape index (κ2) is 4.13. The monoisotopic (exact) mass is 236 g/mol. The van der Waals surface area contributed by atoms with Crippen LogP contribution in [0.4, 0.5) is 8.78 Å². The summed E-state index contributed by atoms with van der Waals surface area (Å²) in [6.07, 6.45) is 1.13. The lowest BCUT2D eigenvalue weighted by molar-refractivity contribution is -0.147. The van der Waals surface area contributed by atoms with Crippen LogP contribution in [0.1, 0.15) is 12.0 Å². The molecule has 4 heteroatoms. The van der Waals surface area contributed by atoms with Gasteiger partial charge < -0.3 is 5.11 Å². The van der Waals surface area contributed by atoms with Crippen LogP contribution < -0.4 is 0 Å². The van der Waals surface area contributed by atoms with E-state index in [1.807, 2.05) is 0 Å². The van der Waals surface area contributed by atoms with Gasteiger partial charge in [-0.15, -0.1) is 0 Å². The van der Waals surface area contributed by atoms with E-state index >= 15 is 0 Å². The van der Waals surface area contributed by atoms with Gasteiger partial charge in [0, 0.05) is 6.42 Å². The molecule has 1 atom stereocenters. The summed E-state index contributed by atoms with van der Waals surface area (Å²) in [7, 11) is 0. The van der Waals surface area contributed by atoms with Crippen molar-refractivity contribution in [3.8, 4) is 0 Å². The Hall–Kier alpha value is -1.97. The van der Waals surface area contributed by atoms with Gasteiger partial charge in [0.15, 0.2) is 0 Å². The zero-order valence-corrected chi connectivity index (χ0v) is 8.86. The Kier molecular flexibility index (Phi) is 2.79. The molecule has 0 bridgehead atoms. The number of hydrogen-bond donors (Lipinski definition) is 1. The van der Waals surface area contributed by atoms with Gasteiger partial charge in [-0.2, -0.15) is 0 Å². The minimum absolute atomic E-state index is 0.0815. The van der Waals surface area contributed by atoms with Crippen LogP contribution in [0, 0.1) is 0 Å². The number of benzene rings is 1. The molecule has 17 heavy (non-hydrogen) atoms. The number of carbonyl (C=O) groups is 1. The summed E-state index contributed by atoms with van der Waals surface area (Å²) in [5.74, 6) is -2.19. The van der Waals surface area contributed by atoms with Crippen molar-refractivity contribution in [2.24, 2.45) is 0 Å². The fraction of sp³-hybridized carbons (Fsp3) is 0.154. The Labute approximate surface area is 96.9 Å². The van der Waals surface area contributed by atoms with Crippen LogP contribution in [0.5, 0.6) is 0 Å². The van der Waals surface area contributed by atoms with Crippen molar-refractivity contribution in [3.05, 3.63) is 53.9 Å². The molecule has 88 valence electrons. The van der Waals surface area contributed by atoms with Gasteiger partial charge in [-0.25, -0.2) is 13.6 Å². The van der Waals surface area contributed by atoms with Gasteiger partial charge in [-0.1, -0.05) is 30.3 Å². The zero-order valence-electron chi connectivity index (χ0n) is 8.86. The van der Waals surface area contributed by atoms with Crippen molar-refractivity contribution < 1.29 is 18.7 Å². The molecule has 0 saturated carbocycles. The summed E-state index contributed by atoms with van der Waals surface area (Å²) in [6.45, 7) is 0. The van der Waals surface area contributed by atoms with Crippen LogP contribution in [0.15, 0.2) is 48.3 Å². The zero-order chi connectivity index (χ0) is 12.5. The van der Waals surface area contributed by atoms with E-state index in [9.17, 15) is 13.6 Å². The van der Waals surface area contributed by atoms with Crippen molar-refractivity contribution in [2.75, 3.05) is 0 Å². The fourth-order valence-electron chi connectivity index (χ4n) is 1.73. The molecule has 0 aliphatic heterocycles. The summed E-state index contributed by atoms with van der Waals surface area (Å²) in [5.41, 5.74) is -1.95. The highest BCUT2D eigenvalue weighted by molar-refractivity contribution is 5.86. The van der Waals surface area contributed by atoms with Crippen molar-refractivity contribution in [3.63, 3.8) is 0 Å². The molecule has 0 spiro atoms. The lowest BCUT2D eigenvalue weighted by Crippen LogP contribution is -2.33. The van der Waals surface area contributed by atoms with Crippen molar-refractivity contribution in [1.82, 2.24) is 0 Å². The molecule has 1 aromatic carbocycles. The minimum Gasteiger partial charge on any atom is -0.479 e. The van der Waals surface area contributed by atoms with Crippen molar-refractivity contribution >= 4 is 11.5 Å². The first-order valence-electron chi connectivity index (χ1n) is 5.08. The maximum Gasteiger partial charge on any atom is 0.345 e. The van der Waals surface area contributed by atoms with E-state index in [1.54, 1.807) is 30.3 Å². The van der Waals surface area contributed by atoms with E-state index in [4.69, 9.17) is 5.11 Å². The van der Waals surface area contributed by atoms with Gasteiger partial charge in [0.2, 0.25) is 5.67 Å². The quantitative estimate of drug-likeness (QED) is 0.856. The van der Waals surface area contributed by atoms with Crippen LogP contribution in [0.2, 0.25) is 0 Å². The van der Waals surface area contributed by atoms with Gasteiger partial charge in [-0.3, -0.25) is 0 Å². The summed E-state index contributed by atoms with van der Waals surface area (Å²) in [4.78, 5) is 10.8. The largest absolute Gasteiger partial charge is 0.479 e. The standard InChI is InChI=1S/C13H10F2O2/c14-11-6-7-13(15,12(16)17)8-10(11)9-4-2-1-3-5-9/h1-7H,8H2,(H,16,17). The first-order valence-corrected chi connectivity index (χ1v) is 5.08. The third-order valence-corrected chi connectivity index (χ3v) is 2.69. The summed E-state index contributed by atoms with van der Waals surface area (Å²) < 4.78 is 27.5. The van der Waals surface area contributed by atoms with Gasteiger partial charge in [0.25, 0.3) is 0 Å². The van der Waals surface area contributed by atoms with Gasteiger partial charge in [0.1, 0.15) is 5.83 Å². The molecule has 0 fully saturated rings. The van der Waals surface area contributed by atoms with Gasteiger partial charge in [-0.05, 0) is 23.3 Å². The number of aliphatic carboxylic acids is 1. The molecule has 0 aromatic heterocycles. The third kappa shape index (κ3) is 2.11. The number of allylic oxidation sites excluding steroid dienone is 3. The summed E-state index contributed by atoms with van der Waals surface area (Å²) in [5, 5.41) is 8.78. The normalized spacial score (nSPS) is 23.9. The number of carboxylic acids is 1. The molecule has 1 aliphatic carbocycles. The molecule has 2 nitrogen and oxygen atoms in total. The molecule has 0 amide bonds. The number of hydrogen-bond acceptors (Lipinski definition) is 1. The lowest BCUT2D eigenvalue weighted by Gasteiger charge is -2.22. The average molecular weight is 236 g/mol. The predicted molar refractivity (Wildman–Crippen MR) is 59.7 cm³/mol. The van der Waals surface area contributed by atoms with Gasteiger partial charge in [0.05, 0.1) is 0 Å². The van der Waals surface area contributed by atoms with E-state index in [-0.39, 0.29) is 5.57 Å². The van der Waals surface area contributed by atoms with E-state index in [1.165, 1.54) is 0 Å². The van der Waals surface area contributed by atoms with E-state index < -0.39 is 23.9 Å². The summed E-state index contributed by atoms with van der Waals surface area (Å²) in [6, 6.07) is 8.37. The number of carboxylic acid groups (broad SMARTS) is 1. The lowest BCUT2D eigenvalue weighted by atomic mass is 9.87. The minimum atomic E-state index is -2.53. The molecular weight excluding hydrogens is 226 g/mol. The van der Waals surface area contributed by atoms with Crippen LogP contribution in [-0.4, -0.2) is 16.7 Å². The Morgan fingerprint density at radius 1 is 1.29 bits per heavy atom. The highest BCUT2D eigenvalue weighted by atomic mass is 19.1. The molecule has 1 aliphatic rings. The SMILES string of the molecule is O=C(O)C1(F)C=CC(F)=C(c2ccccc2)C1. The van der Waals surface area contributed by atoms with E-state index in [0.29, 0.717) is 5.56 Å². The van der Waals surface area contributed by atoms with Crippen molar-refractivity contribution in [2.45, 2.75) is 12.1 Å².